The van der Waals surface area contributed by atoms with Gasteiger partial charge < -0.3 is 10.7 Å². The number of halogens is 2. The van der Waals surface area contributed by atoms with Crippen molar-refractivity contribution < 1.29 is 0 Å². The van der Waals surface area contributed by atoms with Crippen LogP contribution in [0.15, 0.2) is 23.6 Å². The van der Waals surface area contributed by atoms with Crippen molar-refractivity contribution in [2.75, 3.05) is 10.7 Å². The Bertz CT molecular complexity index is 545. The van der Waals surface area contributed by atoms with Crippen molar-refractivity contribution in [2.24, 2.45) is 5.84 Å². The summed E-state index contributed by atoms with van der Waals surface area (Å²) >= 11 is 13.8. The molecule has 4 N–H and O–H groups in total. The molecule has 0 aliphatic carbocycles. The van der Waals surface area contributed by atoms with Gasteiger partial charge >= 0.3 is 0 Å². The van der Waals surface area contributed by atoms with E-state index in [9.17, 15) is 0 Å². The first-order valence-corrected chi connectivity index (χ1v) is 7.41. The van der Waals surface area contributed by atoms with E-state index in [4.69, 9.17) is 29.0 Å². The number of nitrogen functional groups attached to an aromatic ring is 1. The predicted molar refractivity (Wildman–Crippen MR) is 83.0 cm³/mol. The van der Waals surface area contributed by atoms with Gasteiger partial charge in [0.2, 0.25) is 0 Å². The molecule has 2 aromatic heterocycles. The van der Waals surface area contributed by atoms with Crippen molar-refractivity contribution in [1.29, 1.82) is 0 Å². The van der Waals surface area contributed by atoms with Crippen molar-refractivity contribution in [3.8, 4) is 0 Å². The molecule has 4 nitrogen and oxygen atoms in total. The lowest BCUT2D eigenvalue weighted by molar-refractivity contribution is 0.759. The quantitative estimate of drug-likeness (QED) is 0.568. The number of aromatic nitrogens is 1. The number of nitrogens with two attached hydrogens (primary N) is 1. The zero-order chi connectivity index (χ0) is 13.8. The highest BCUT2D eigenvalue weighted by atomic mass is 35.5. The summed E-state index contributed by atoms with van der Waals surface area (Å²) in [4.78, 5) is 5.52. The van der Waals surface area contributed by atoms with Crippen LogP contribution in [0.5, 0.6) is 0 Å². The Labute approximate surface area is 125 Å². The Morgan fingerprint density at radius 1 is 1.37 bits per heavy atom. The minimum Gasteiger partial charge on any atom is -0.361 e. The van der Waals surface area contributed by atoms with Crippen LogP contribution in [0, 0.1) is 0 Å². The van der Waals surface area contributed by atoms with Gasteiger partial charge in [0.25, 0.3) is 0 Å². The zero-order valence-electron chi connectivity index (χ0n) is 10.3. The molecule has 2 aromatic rings. The van der Waals surface area contributed by atoms with Crippen molar-refractivity contribution in [3.05, 3.63) is 38.5 Å². The predicted octanol–water partition coefficient (Wildman–Crippen LogP) is 4.30. The molecule has 0 spiro atoms. The Balaban J connectivity index is 2.27. The molecule has 0 radical (unpaired) electrons. The van der Waals surface area contributed by atoms with Gasteiger partial charge in [0.05, 0.1) is 16.1 Å². The molecule has 2 heterocycles. The van der Waals surface area contributed by atoms with E-state index < -0.39 is 0 Å². The molecule has 2 rings (SSSR count). The summed E-state index contributed by atoms with van der Waals surface area (Å²) < 4.78 is 0. The monoisotopic (exact) mass is 316 g/mol. The van der Waals surface area contributed by atoms with Crippen LogP contribution in [-0.4, -0.2) is 4.98 Å². The van der Waals surface area contributed by atoms with E-state index in [2.05, 4.69) is 28.7 Å². The fraction of sp³-hybridized carbons (Fsp3) is 0.250. The number of thiophene rings is 1. The van der Waals surface area contributed by atoms with Gasteiger partial charge in [-0.25, -0.2) is 10.8 Å². The minimum atomic E-state index is 0.164. The summed E-state index contributed by atoms with van der Waals surface area (Å²) in [7, 11) is 0. The molecule has 0 saturated carbocycles. The smallest absolute Gasteiger partial charge is 0.161 e. The van der Waals surface area contributed by atoms with Crippen LogP contribution in [0.3, 0.4) is 0 Å². The summed E-state index contributed by atoms with van der Waals surface area (Å²) in [6.45, 7) is 2.10. The molecular weight excluding hydrogens is 303 g/mol. The van der Waals surface area contributed by atoms with Gasteiger partial charge in [-0.2, -0.15) is 0 Å². The maximum Gasteiger partial charge on any atom is 0.161 e. The van der Waals surface area contributed by atoms with Gasteiger partial charge in [-0.05, 0) is 23.9 Å². The summed E-state index contributed by atoms with van der Waals surface area (Å²) in [5.41, 5.74) is 2.45. The number of anilines is 2. The molecule has 0 amide bonds. The lowest BCUT2D eigenvalue weighted by Crippen LogP contribution is -2.13. The average molecular weight is 317 g/mol. The molecule has 0 aliphatic heterocycles. The van der Waals surface area contributed by atoms with Crippen LogP contribution in [0.2, 0.25) is 10.0 Å². The molecule has 0 bridgehead atoms. The van der Waals surface area contributed by atoms with Crippen LogP contribution < -0.4 is 16.6 Å². The van der Waals surface area contributed by atoms with Gasteiger partial charge in [-0.3, -0.25) is 0 Å². The minimum absolute atomic E-state index is 0.164. The van der Waals surface area contributed by atoms with E-state index in [1.807, 2.05) is 11.4 Å². The summed E-state index contributed by atoms with van der Waals surface area (Å²) in [5.74, 6) is 6.33. The van der Waals surface area contributed by atoms with Crippen LogP contribution >= 0.6 is 34.5 Å². The number of hydrogen-bond donors (Lipinski definition) is 3. The first-order chi connectivity index (χ1) is 9.15. The van der Waals surface area contributed by atoms with Gasteiger partial charge in [0.1, 0.15) is 5.82 Å². The van der Waals surface area contributed by atoms with E-state index in [1.165, 1.54) is 4.88 Å². The van der Waals surface area contributed by atoms with Crippen molar-refractivity contribution in [1.82, 2.24) is 4.98 Å². The molecule has 0 aliphatic rings. The molecule has 7 heteroatoms. The molecule has 0 saturated heterocycles. The number of rotatable bonds is 5. The highest BCUT2D eigenvalue weighted by Crippen LogP contribution is 2.32. The zero-order valence-corrected chi connectivity index (χ0v) is 12.6. The van der Waals surface area contributed by atoms with Gasteiger partial charge in [0.15, 0.2) is 5.82 Å². The van der Waals surface area contributed by atoms with Crippen LogP contribution in [0.25, 0.3) is 0 Å². The Morgan fingerprint density at radius 3 is 2.68 bits per heavy atom. The second kappa shape index (κ2) is 6.43. The third-order valence-electron chi connectivity index (χ3n) is 2.67. The van der Waals surface area contributed by atoms with Crippen molar-refractivity contribution >= 4 is 46.2 Å². The van der Waals surface area contributed by atoms with E-state index in [0.29, 0.717) is 21.7 Å². The fourth-order valence-corrected chi connectivity index (χ4v) is 3.03. The van der Waals surface area contributed by atoms with E-state index in [-0.39, 0.29) is 6.04 Å². The normalized spacial score (nSPS) is 12.2. The third kappa shape index (κ3) is 3.30. The van der Waals surface area contributed by atoms with Crippen LogP contribution in [0.4, 0.5) is 11.6 Å². The Hall–Kier alpha value is -1.01. The average Bonchev–Trinajstić information content (AvgIpc) is 2.92. The number of hydrogen-bond acceptors (Lipinski definition) is 5. The number of hydrazine groups is 1. The molecule has 102 valence electrons. The summed E-state index contributed by atoms with van der Waals surface area (Å²) in [6.07, 6.45) is 0.923. The number of nitrogens with one attached hydrogen (secondary N) is 2. The second-order valence-electron chi connectivity index (χ2n) is 3.91. The molecular formula is C12H14Cl2N4S. The largest absolute Gasteiger partial charge is 0.361 e. The molecule has 1 atom stereocenters. The van der Waals surface area contributed by atoms with Gasteiger partial charge in [-0.1, -0.05) is 36.2 Å². The maximum absolute atomic E-state index is 6.15. The van der Waals surface area contributed by atoms with Crippen LogP contribution in [-0.2, 0) is 0 Å². The van der Waals surface area contributed by atoms with Crippen LogP contribution in [0.1, 0.15) is 24.3 Å². The van der Waals surface area contributed by atoms with E-state index >= 15 is 0 Å². The summed E-state index contributed by atoms with van der Waals surface area (Å²) in [5, 5.41) is 6.22. The number of nitrogens with zero attached hydrogens (tertiary/aromatic N) is 1. The molecule has 19 heavy (non-hydrogen) atoms. The Morgan fingerprint density at radius 2 is 2.11 bits per heavy atom. The van der Waals surface area contributed by atoms with Crippen molar-refractivity contribution in [3.63, 3.8) is 0 Å². The van der Waals surface area contributed by atoms with Gasteiger partial charge in [-0.15, -0.1) is 11.3 Å². The second-order valence-corrected chi connectivity index (χ2v) is 5.71. The highest BCUT2D eigenvalue weighted by Gasteiger charge is 2.14. The van der Waals surface area contributed by atoms with Crippen molar-refractivity contribution in [2.45, 2.75) is 19.4 Å². The first kappa shape index (κ1) is 14.4. The topological polar surface area (TPSA) is 63.0 Å². The lowest BCUT2D eigenvalue weighted by atomic mass is 10.2. The first-order valence-electron chi connectivity index (χ1n) is 5.78. The fourth-order valence-electron chi connectivity index (χ4n) is 1.70. The molecule has 1 unspecified atom stereocenters. The Kier molecular flexibility index (Phi) is 4.87. The summed E-state index contributed by atoms with van der Waals surface area (Å²) in [6, 6.07) is 5.89. The SMILES string of the molecule is CCC(Nc1nc(NN)c(Cl)cc1Cl)c1cccs1. The lowest BCUT2D eigenvalue weighted by Gasteiger charge is -2.18. The molecule has 0 aromatic carbocycles. The standard InChI is InChI=1S/C12H14Cl2N4S/c1-2-9(10-4-3-5-19-10)16-11-7(13)6-8(14)12(17-11)18-15/h3-6,9H,2,15H2,1H3,(H2,16,17,18). The number of pyridine rings is 1. The molecule has 0 fully saturated rings. The highest BCUT2D eigenvalue weighted by molar-refractivity contribution is 7.10. The van der Waals surface area contributed by atoms with Gasteiger partial charge in [0, 0.05) is 4.88 Å². The third-order valence-corrected chi connectivity index (χ3v) is 4.23. The maximum atomic E-state index is 6.15. The van der Waals surface area contributed by atoms with E-state index in [1.54, 1.807) is 17.4 Å². The van der Waals surface area contributed by atoms with E-state index in [0.717, 1.165) is 6.42 Å².